The molecule has 0 saturated heterocycles. The minimum atomic E-state index is -0.482. The lowest BCUT2D eigenvalue weighted by molar-refractivity contribution is -0.137. The summed E-state index contributed by atoms with van der Waals surface area (Å²) in [6.45, 7) is 2.41. The Morgan fingerprint density at radius 2 is 2.06 bits per heavy atom. The first-order chi connectivity index (χ1) is 17.3. The van der Waals surface area contributed by atoms with Gasteiger partial charge in [-0.25, -0.2) is 8.78 Å². The standard InChI is InChI=1S/C27H29F2N5O2/c1-32-12-21(15-3-5-34(6-4-15)14-25(36)33(2)17-9-18(35)10-17)27-22(13-32)19-7-16(28)8-20-23(29)11-24(26(19)20)30-31-27/h3,7-8,11,13,17-18,31,35H,4-6,9-10,12,14H2,1-2H3. The molecular weight excluding hydrogens is 464 g/mol. The number of aliphatic hydroxyl groups excluding tert-OH is 1. The third-order valence-corrected chi connectivity index (χ3v) is 7.86. The molecule has 0 bridgehead atoms. The third kappa shape index (κ3) is 3.87. The first-order valence-corrected chi connectivity index (χ1v) is 12.3. The van der Waals surface area contributed by atoms with Gasteiger partial charge in [-0.1, -0.05) is 6.08 Å². The zero-order chi connectivity index (χ0) is 25.1. The quantitative estimate of drug-likeness (QED) is 0.675. The van der Waals surface area contributed by atoms with Gasteiger partial charge in [-0.2, -0.15) is 5.10 Å². The number of amides is 1. The molecule has 1 aromatic rings. The van der Waals surface area contributed by atoms with Crippen LogP contribution in [-0.2, 0) is 4.79 Å². The van der Waals surface area contributed by atoms with Crippen molar-refractivity contribution >= 4 is 23.0 Å². The highest BCUT2D eigenvalue weighted by molar-refractivity contribution is 6.21. The highest BCUT2D eigenvalue weighted by atomic mass is 19.1. The molecule has 36 heavy (non-hydrogen) atoms. The third-order valence-electron chi connectivity index (χ3n) is 7.86. The molecule has 2 aliphatic carbocycles. The summed E-state index contributed by atoms with van der Waals surface area (Å²) in [6.07, 6.45) is 7.25. The number of fused-ring (bicyclic) bond motifs is 2. The fourth-order valence-electron chi connectivity index (χ4n) is 5.68. The van der Waals surface area contributed by atoms with Gasteiger partial charge in [-0.3, -0.25) is 15.1 Å². The normalized spacial score (nSPS) is 25.0. The van der Waals surface area contributed by atoms with Crippen molar-refractivity contribution < 1.29 is 18.7 Å². The fourth-order valence-corrected chi connectivity index (χ4v) is 5.68. The molecule has 1 saturated carbocycles. The van der Waals surface area contributed by atoms with E-state index in [1.807, 2.05) is 20.3 Å². The van der Waals surface area contributed by atoms with Gasteiger partial charge in [0.15, 0.2) is 0 Å². The topological polar surface area (TPSA) is 71.4 Å². The number of hydrogen-bond donors (Lipinski definition) is 2. The summed E-state index contributed by atoms with van der Waals surface area (Å²) in [7, 11) is 3.78. The van der Waals surface area contributed by atoms with Crippen LogP contribution in [0.15, 0.2) is 52.4 Å². The summed E-state index contributed by atoms with van der Waals surface area (Å²) < 4.78 is 29.0. The van der Waals surface area contributed by atoms with E-state index >= 15 is 0 Å². The van der Waals surface area contributed by atoms with E-state index < -0.39 is 11.6 Å². The summed E-state index contributed by atoms with van der Waals surface area (Å²) >= 11 is 0. The molecule has 0 aromatic heterocycles. The lowest BCUT2D eigenvalue weighted by Gasteiger charge is -2.39. The van der Waals surface area contributed by atoms with Crippen molar-refractivity contribution in [1.82, 2.24) is 20.1 Å². The van der Waals surface area contributed by atoms with Gasteiger partial charge in [0.2, 0.25) is 5.91 Å². The number of hydrazone groups is 1. The lowest BCUT2D eigenvalue weighted by Crippen LogP contribution is -2.50. The number of allylic oxidation sites excluding steroid dienone is 2. The van der Waals surface area contributed by atoms with Gasteiger partial charge >= 0.3 is 0 Å². The summed E-state index contributed by atoms with van der Waals surface area (Å²) in [5, 5.41) is 14.0. The van der Waals surface area contributed by atoms with Crippen LogP contribution in [0.2, 0.25) is 0 Å². The van der Waals surface area contributed by atoms with E-state index in [1.165, 1.54) is 23.8 Å². The average Bonchev–Trinajstić information content (AvgIpc) is 3.06. The summed E-state index contributed by atoms with van der Waals surface area (Å²) in [6, 6.07) is 2.81. The number of nitrogens with zero attached hydrogens (tertiary/aromatic N) is 4. The molecule has 1 fully saturated rings. The molecule has 1 aromatic carbocycles. The second-order valence-electron chi connectivity index (χ2n) is 10.3. The van der Waals surface area contributed by atoms with Gasteiger partial charge in [-0.05, 0) is 42.5 Å². The minimum Gasteiger partial charge on any atom is -0.393 e. The second kappa shape index (κ2) is 8.67. The molecule has 2 N–H and O–H groups in total. The number of nitrogens with one attached hydrogen (secondary N) is 1. The van der Waals surface area contributed by atoms with Crippen molar-refractivity contribution in [3.8, 4) is 0 Å². The monoisotopic (exact) mass is 493 g/mol. The zero-order valence-electron chi connectivity index (χ0n) is 20.4. The van der Waals surface area contributed by atoms with Gasteiger partial charge in [-0.15, -0.1) is 0 Å². The van der Waals surface area contributed by atoms with Crippen LogP contribution in [0.1, 0.15) is 36.0 Å². The Kier molecular flexibility index (Phi) is 5.57. The van der Waals surface area contributed by atoms with E-state index in [0.717, 1.165) is 29.8 Å². The largest absolute Gasteiger partial charge is 0.393 e. The molecule has 1 amide bonds. The van der Waals surface area contributed by atoms with Crippen LogP contribution in [0.25, 0.3) is 11.4 Å². The molecule has 3 heterocycles. The maximum absolute atomic E-state index is 14.5. The number of carbonyl (C=O) groups is 1. The maximum atomic E-state index is 14.5. The van der Waals surface area contributed by atoms with Crippen molar-refractivity contribution in [2.24, 2.45) is 5.10 Å². The zero-order valence-corrected chi connectivity index (χ0v) is 20.4. The summed E-state index contributed by atoms with van der Waals surface area (Å²) in [5.74, 6) is -0.888. The number of carbonyl (C=O) groups excluding carboxylic acids is 1. The summed E-state index contributed by atoms with van der Waals surface area (Å²) in [5.41, 5.74) is 8.96. The number of halogens is 2. The van der Waals surface area contributed by atoms with E-state index in [9.17, 15) is 18.7 Å². The highest BCUT2D eigenvalue weighted by Gasteiger charge is 2.35. The predicted molar refractivity (Wildman–Crippen MR) is 134 cm³/mol. The van der Waals surface area contributed by atoms with E-state index in [1.54, 1.807) is 4.90 Å². The van der Waals surface area contributed by atoms with E-state index in [0.29, 0.717) is 49.3 Å². The molecule has 0 radical (unpaired) electrons. The average molecular weight is 494 g/mol. The van der Waals surface area contributed by atoms with E-state index in [-0.39, 0.29) is 23.6 Å². The molecule has 0 atom stereocenters. The maximum Gasteiger partial charge on any atom is 0.236 e. The Bertz CT molecular complexity index is 1310. The highest BCUT2D eigenvalue weighted by Crippen LogP contribution is 2.41. The number of rotatable bonds is 4. The van der Waals surface area contributed by atoms with Gasteiger partial charge < -0.3 is 14.9 Å². The number of aliphatic hydroxyl groups is 1. The fraction of sp³-hybridized carbons (Fsp3) is 0.407. The van der Waals surface area contributed by atoms with Crippen LogP contribution in [0.3, 0.4) is 0 Å². The Morgan fingerprint density at radius 1 is 1.28 bits per heavy atom. The van der Waals surface area contributed by atoms with Crippen LogP contribution in [0.5, 0.6) is 0 Å². The molecule has 9 heteroatoms. The Hall–Kier alpha value is -3.30. The SMILES string of the molecule is CN1C=C2C(=C(C3=CCN(CC(=O)N(C)C4CC(O)C4)CC3)C1)NN=C1C=C(F)c3cc(F)cc2c31. The molecule has 188 valence electrons. The first kappa shape index (κ1) is 23.1. The van der Waals surface area contributed by atoms with E-state index in [2.05, 4.69) is 26.4 Å². The van der Waals surface area contributed by atoms with Gasteiger partial charge in [0, 0.05) is 74.3 Å². The van der Waals surface area contributed by atoms with Crippen molar-refractivity contribution in [2.45, 2.75) is 31.4 Å². The molecule has 5 aliphatic rings. The molecule has 3 aliphatic heterocycles. The molecule has 7 nitrogen and oxygen atoms in total. The van der Waals surface area contributed by atoms with Gasteiger partial charge in [0.1, 0.15) is 11.6 Å². The van der Waals surface area contributed by atoms with Crippen LogP contribution < -0.4 is 5.43 Å². The van der Waals surface area contributed by atoms with Crippen molar-refractivity contribution in [3.05, 3.63) is 69.8 Å². The lowest BCUT2D eigenvalue weighted by atomic mass is 9.87. The van der Waals surface area contributed by atoms with Crippen molar-refractivity contribution in [1.29, 1.82) is 0 Å². The molecule has 0 spiro atoms. The molecular formula is C27H29F2N5O2. The van der Waals surface area contributed by atoms with E-state index in [4.69, 9.17) is 0 Å². The second-order valence-corrected chi connectivity index (χ2v) is 10.3. The number of likely N-dealkylation sites (N-methyl/N-ethyl adjacent to an activating group) is 2. The van der Waals surface area contributed by atoms with Crippen LogP contribution in [-0.4, -0.2) is 83.8 Å². The van der Waals surface area contributed by atoms with Crippen LogP contribution in [0, 0.1) is 5.82 Å². The van der Waals surface area contributed by atoms with Crippen LogP contribution >= 0.6 is 0 Å². The predicted octanol–water partition coefficient (Wildman–Crippen LogP) is 2.61. The minimum absolute atomic E-state index is 0.0740. The van der Waals surface area contributed by atoms with Crippen LogP contribution in [0.4, 0.5) is 8.78 Å². The first-order valence-electron chi connectivity index (χ1n) is 12.3. The Labute approximate surface area is 208 Å². The number of hydrogen-bond acceptors (Lipinski definition) is 6. The van der Waals surface area contributed by atoms with Gasteiger partial charge in [0.05, 0.1) is 24.1 Å². The summed E-state index contributed by atoms with van der Waals surface area (Å²) in [4.78, 5) is 18.7. The molecule has 0 unspecified atom stereocenters. The van der Waals surface area contributed by atoms with Crippen molar-refractivity contribution in [2.75, 3.05) is 40.3 Å². The number of benzene rings is 1. The van der Waals surface area contributed by atoms with Crippen molar-refractivity contribution in [3.63, 3.8) is 0 Å². The Morgan fingerprint density at radius 3 is 2.78 bits per heavy atom. The smallest absolute Gasteiger partial charge is 0.236 e. The molecule has 6 rings (SSSR count). The van der Waals surface area contributed by atoms with Gasteiger partial charge in [0.25, 0.3) is 0 Å². The Balaban J connectivity index is 1.26.